The van der Waals surface area contributed by atoms with Crippen LogP contribution >= 0.6 is 0 Å². The van der Waals surface area contributed by atoms with Crippen molar-refractivity contribution in [2.75, 3.05) is 33.9 Å². The number of hydrogen-bond acceptors (Lipinski definition) is 7. The first kappa shape index (κ1) is 19.9. The topological polar surface area (TPSA) is 82.1 Å². The second kappa shape index (κ2) is 9.33. The van der Waals surface area contributed by atoms with E-state index < -0.39 is 23.5 Å². The predicted molar refractivity (Wildman–Crippen MR) is 93.5 cm³/mol. The molecule has 1 heterocycles. The van der Waals surface area contributed by atoms with Crippen LogP contribution in [0.15, 0.2) is 30.3 Å². The van der Waals surface area contributed by atoms with E-state index in [2.05, 4.69) is 4.90 Å². The first-order chi connectivity index (χ1) is 12.5. The van der Waals surface area contributed by atoms with Crippen LogP contribution in [0.3, 0.4) is 0 Å². The van der Waals surface area contributed by atoms with Crippen LogP contribution in [0.25, 0.3) is 0 Å². The molecule has 0 spiro atoms. The quantitative estimate of drug-likeness (QED) is 0.415. The molecule has 1 fully saturated rings. The monoisotopic (exact) mass is 363 g/mol. The van der Waals surface area contributed by atoms with Gasteiger partial charge >= 0.3 is 23.5 Å². The van der Waals surface area contributed by atoms with Crippen molar-refractivity contribution in [3.63, 3.8) is 0 Å². The molecule has 1 aliphatic rings. The second-order valence-electron chi connectivity index (χ2n) is 6.22. The van der Waals surface area contributed by atoms with Crippen LogP contribution in [0.1, 0.15) is 36.0 Å². The van der Waals surface area contributed by atoms with Crippen molar-refractivity contribution in [3.05, 3.63) is 35.9 Å². The van der Waals surface area contributed by atoms with Crippen LogP contribution < -0.4 is 0 Å². The average Bonchev–Trinajstić information content (AvgIpc) is 2.71. The van der Waals surface area contributed by atoms with E-state index in [0.29, 0.717) is 6.54 Å². The van der Waals surface area contributed by atoms with Crippen molar-refractivity contribution in [1.29, 1.82) is 0 Å². The van der Waals surface area contributed by atoms with Crippen molar-refractivity contribution >= 4 is 17.9 Å². The van der Waals surface area contributed by atoms with E-state index in [1.54, 1.807) is 30.3 Å². The Balaban J connectivity index is 2.24. The minimum Gasteiger partial charge on any atom is -0.466 e. The zero-order valence-corrected chi connectivity index (χ0v) is 15.2. The largest absolute Gasteiger partial charge is 0.466 e. The molecular formula is C19H25NO6. The normalized spacial score (nSPS) is 15.2. The van der Waals surface area contributed by atoms with Crippen LogP contribution in [-0.4, -0.2) is 62.3 Å². The molecule has 7 nitrogen and oxygen atoms in total. The second-order valence-corrected chi connectivity index (χ2v) is 6.22. The van der Waals surface area contributed by atoms with Crippen LogP contribution in [0.2, 0.25) is 0 Å². The van der Waals surface area contributed by atoms with E-state index in [4.69, 9.17) is 14.2 Å². The zero-order chi connectivity index (χ0) is 19.0. The van der Waals surface area contributed by atoms with Gasteiger partial charge in [-0.05, 0) is 38.1 Å². The lowest BCUT2D eigenvalue weighted by atomic mass is 9.98. The van der Waals surface area contributed by atoms with Gasteiger partial charge in [0.1, 0.15) is 0 Å². The minimum absolute atomic E-state index is 0.0229. The van der Waals surface area contributed by atoms with Crippen molar-refractivity contribution in [3.8, 4) is 0 Å². The Labute approximate surface area is 153 Å². The van der Waals surface area contributed by atoms with Crippen molar-refractivity contribution in [2.24, 2.45) is 0 Å². The van der Waals surface area contributed by atoms with Gasteiger partial charge in [0.15, 0.2) is 0 Å². The van der Waals surface area contributed by atoms with Crippen molar-refractivity contribution < 1.29 is 28.6 Å². The highest BCUT2D eigenvalue weighted by atomic mass is 16.6. The fourth-order valence-corrected chi connectivity index (χ4v) is 3.04. The highest BCUT2D eigenvalue weighted by Gasteiger charge is 2.52. The number of rotatable bonds is 7. The summed E-state index contributed by atoms with van der Waals surface area (Å²) in [6.07, 6.45) is 3.27. The summed E-state index contributed by atoms with van der Waals surface area (Å²) in [6.45, 7) is 2.18. The summed E-state index contributed by atoms with van der Waals surface area (Å²) in [4.78, 5) is 39.6. The van der Waals surface area contributed by atoms with Gasteiger partial charge in [-0.15, -0.1) is 0 Å². The average molecular weight is 363 g/mol. The summed E-state index contributed by atoms with van der Waals surface area (Å²) in [5.74, 6) is -2.66. The fourth-order valence-electron chi connectivity index (χ4n) is 3.04. The lowest BCUT2D eigenvalue weighted by Crippen LogP contribution is -2.53. The summed E-state index contributed by atoms with van der Waals surface area (Å²) in [6, 6.07) is 8.18. The summed E-state index contributed by atoms with van der Waals surface area (Å²) >= 11 is 0. The Morgan fingerprint density at radius 1 is 0.962 bits per heavy atom. The lowest BCUT2D eigenvalue weighted by molar-refractivity contribution is -0.182. The molecule has 0 aromatic heterocycles. The summed E-state index contributed by atoms with van der Waals surface area (Å²) < 4.78 is 15.0. The number of likely N-dealkylation sites (tertiary alicyclic amines) is 1. The highest BCUT2D eigenvalue weighted by Crippen LogP contribution is 2.24. The van der Waals surface area contributed by atoms with Crippen molar-refractivity contribution in [2.45, 2.75) is 31.3 Å². The molecule has 142 valence electrons. The van der Waals surface area contributed by atoms with Gasteiger partial charge in [-0.2, -0.15) is 0 Å². The minimum atomic E-state index is -2.12. The number of benzene rings is 1. The van der Waals surface area contributed by atoms with E-state index in [-0.39, 0.29) is 12.0 Å². The molecule has 1 aromatic carbocycles. The maximum Gasteiger partial charge on any atom is 0.362 e. The Bertz CT molecular complexity index is 608. The molecule has 0 amide bonds. The molecule has 0 unspecified atom stereocenters. The lowest BCUT2D eigenvalue weighted by Gasteiger charge is -2.32. The molecule has 0 N–H and O–H groups in total. The van der Waals surface area contributed by atoms with Crippen molar-refractivity contribution in [1.82, 2.24) is 4.90 Å². The van der Waals surface area contributed by atoms with E-state index in [9.17, 15) is 14.4 Å². The van der Waals surface area contributed by atoms with Gasteiger partial charge in [0.25, 0.3) is 0 Å². The van der Waals surface area contributed by atoms with Gasteiger partial charge in [-0.1, -0.05) is 24.6 Å². The van der Waals surface area contributed by atoms with Crippen LogP contribution in [0.5, 0.6) is 0 Å². The summed E-state index contributed by atoms with van der Waals surface area (Å²) in [5, 5.41) is 0. The Kier molecular flexibility index (Phi) is 7.15. The fraction of sp³-hybridized carbons (Fsp3) is 0.526. The van der Waals surface area contributed by atoms with Gasteiger partial charge in [-0.25, -0.2) is 14.4 Å². The summed E-state index contributed by atoms with van der Waals surface area (Å²) in [5.41, 5.74) is -1.88. The van der Waals surface area contributed by atoms with Gasteiger partial charge in [0.05, 0.1) is 19.8 Å². The maximum atomic E-state index is 12.5. The number of carbonyl (C=O) groups excluding carboxylic acids is 3. The van der Waals surface area contributed by atoms with Crippen LogP contribution in [0.4, 0.5) is 0 Å². The predicted octanol–water partition coefficient (Wildman–Crippen LogP) is 1.80. The van der Waals surface area contributed by atoms with E-state index in [1.165, 1.54) is 6.42 Å². The third-order valence-corrected chi connectivity index (χ3v) is 4.54. The molecule has 7 heteroatoms. The molecule has 0 radical (unpaired) electrons. The number of piperidine rings is 1. The Morgan fingerprint density at radius 2 is 1.54 bits per heavy atom. The molecule has 26 heavy (non-hydrogen) atoms. The third-order valence-electron chi connectivity index (χ3n) is 4.54. The molecular weight excluding hydrogens is 338 g/mol. The first-order valence-electron chi connectivity index (χ1n) is 8.71. The molecule has 0 atom stereocenters. The number of methoxy groups -OCH3 is 2. The van der Waals surface area contributed by atoms with Gasteiger partial charge in [0.2, 0.25) is 0 Å². The van der Waals surface area contributed by atoms with Gasteiger partial charge < -0.3 is 19.1 Å². The molecule has 1 saturated heterocycles. The Hall–Kier alpha value is -2.41. The van der Waals surface area contributed by atoms with E-state index in [1.807, 2.05) is 0 Å². The van der Waals surface area contributed by atoms with Gasteiger partial charge in [-0.3, -0.25) is 0 Å². The highest BCUT2D eigenvalue weighted by molar-refractivity contribution is 6.06. The number of carbonyl (C=O) groups is 3. The summed E-state index contributed by atoms with van der Waals surface area (Å²) in [7, 11) is 2.30. The molecule has 0 aliphatic carbocycles. The number of ether oxygens (including phenoxy) is 3. The maximum absolute atomic E-state index is 12.5. The first-order valence-corrected chi connectivity index (χ1v) is 8.71. The number of esters is 3. The zero-order valence-electron chi connectivity index (χ0n) is 15.2. The van der Waals surface area contributed by atoms with Gasteiger partial charge in [0, 0.05) is 13.0 Å². The number of nitrogens with zero attached hydrogens (tertiary/aromatic N) is 1. The molecule has 2 rings (SSSR count). The third kappa shape index (κ3) is 4.60. The molecule has 1 aromatic rings. The standard InChI is InChI=1S/C19H25NO6/c1-24-17(22)19(18(23)25-2,11-14-20-12-7-4-8-13-20)26-16(21)15-9-5-3-6-10-15/h3,5-6,9-10H,4,7-8,11-14H2,1-2H3. The van der Waals surface area contributed by atoms with E-state index in [0.717, 1.165) is 40.2 Å². The van der Waals surface area contributed by atoms with Crippen LogP contribution in [-0.2, 0) is 23.8 Å². The van der Waals surface area contributed by atoms with Crippen LogP contribution in [0, 0.1) is 0 Å². The number of hydrogen-bond donors (Lipinski definition) is 0. The SMILES string of the molecule is COC(=O)C(CCN1CCCCC1)(OC(=O)c1ccccc1)C(=O)OC. The smallest absolute Gasteiger partial charge is 0.362 e. The molecule has 1 aliphatic heterocycles. The molecule has 0 bridgehead atoms. The Morgan fingerprint density at radius 3 is 2.08 bits per heavy atom. The molecule has 0 saturated carbocycles. The van der Waals surface area contributed by atoms with E-state index >= 15 is 0 Å².